The number of hydrogen-bond acceptors (Lipinski definition) is 1. The Morgan fingerprint density at radius 2 is 2.00 bits per heavy atom. The fraction of sp³-hybridized carbons (Fsp3) is 0.833. The molecule has 1 heteroatoms. The molecular formula is C12H24O. The Labute approximate surface area is 83.2 Å². The molecule has 0 aliphatic rings. The minimum Gasteiger partial charge on any atom is -0.379 e. The molecule has 0 aliphatic carbocycles. The lowest BCUT2D eigenvalue weighted by molar-refractivity contribution is -0.00343. The van der Waals surface area contributed by atoms with Gasteiger partial charge in [0.15, 0.2) is 0 Å². The molecule has 0 saturated heterocycles. The van der Waals surface area contributed by atoms with Gasteiger partial charge in [0.25, 0.3) is 0 Å². The van der Waals surface area contributed by atoms with E-state index in [1.54, 1.807) is 7.11 Å². The summed E-state index contributed by atoms with van der Waals surface area (Å²) in [7, 11) is 1.81. The first-order valence-electron chi connectivity index (χ1n) is 5.28. The lowest BCUT2D eigenvalue weighted by Gasteiger charge is -2.26. The summed E-state index contributed by atoms with van der Waals surface area (Å²) >= 11 is 0. The maximum Gasteiger partial charge on any atom is 0.0651 e. The van der Waals surface area contributed by atoms with Crippen molar-refractivity contribution >= 4 is 0 Å². The van der Waals surface area contributed by atoms with E-state index in [0.29, 0.717) is 0 Å². The van der Waals surface area contributed by atoms with Gasteiger partial charge in [-0.25, -0.2) is 0 Å². The van der Waals surface area contributed by atoms with Crippen molar-refractivity contribution in [3.63, 3.8) is 0 Å². The smallest absolute Gasteiger partial charge is 0.0651 e. The Balaban J connectivity index is 3.86. The van der Waals surface area contributed by atoms with E-state index in [-0.39, 0.29) is 5.60 Å². The van der Waals surface area contributed by atoms with E-state index in [2.05, 4.69) is 33.8 Å². The summed E-state index contributed by atoms with van der Waals surface area (Å²) < 4.78 is 5.47. The zero-order valence-corrected chi connectivity index (χ0v) is 9.81. The lowest BCUT2D eigenvalue weighted by Crippen LogP contribution is -2.25. The van der Waals surface area contributed by atoms with E-state index < -0.39 is 0 Å². The Morgan fingerprint density at radius 1 is 1.38 bits per heavy atom. The van der Waals surface area contributed by atoms with E-state index >= 15 is 0 Å². The maximum atomic E-state index is 5.47. The van der Waals surface area contributed by atoms with E-state index in [4.69, 9.17) is 4.74 Å². The summed E-state index contributed by atoms with van der Waals surface area (Å²) in [5.74, 6) is 0. The standard InChI is InChI=1S/C12H24O/c1-6-11(3)9-8-10-12(4,7-2)13-5/h9H,6-8,10H2,1-5H3. The molecule has 0 rings (SSSR count). The molecule has 0 amide bonds. The van der Waals surface area contributed by atoms with Gasteiger partial charge in [0.2, 0.25) is 0 Å². The summed E-state index contributed by atoms with van der Waals surface area (Å²) in [6.45, 7) is 8.75. The second-order valence-corrected chi connectivity index (χ2v) is 3.95. The molecule has 0 radical (unpaired) electrons. The third-order valence-electron chi connectivity index (χ3n) is 2.96. The van der Waals surface area contributed by atoms with E-state index in [0.717, 1.165) is 25.7 Å². The number of hydrogen-bond donors (Lipinski definition) is 0. The number of allylic oxidation sites excluding steroid dienone is 2. The van der Waals surface area contributed by atoms with Crippen LogP contribution in [-0.4, -0.2) is 12.7 Å². The molecule has 0 aromatic rings. The molecule has 0 spiro atoms. The second kappa shape index (κ2) is 6.20. The first kappa shape index (κ1) is 12.7. The molecule has 1 nitrogen and oxygen atoms in total. The summed E-state index contributed by atoms with van der Waals surface area (Å²) in [5, 5.41) is 0. The van der Waals surface area contributed by atoms with Crippen LogP contribution in [-0.2, 0) is 4.74 Å². The largest absolute Gasteiger partial charge is 0.379 e. The molecule has 0 fully saturated rings. The van der Waals surface area contributed by atoms with Crippen LogP contribution in [0.1, 0.15) is 53.4 Å². The van der Waals surface area contributed by atoms with E-state index in [9.17, 15) is 0 Å². The van der Waals surface area contributed by atoms with Crippen molar-refractivity contribution < 1.29 is 4.74 Å². The Hall–Kier alpha value is -0.300. The van der Waals surface area contributed by atoms with Crippen molar-refractivity contribution in [2.24, 2.45) is 0 Å². The van der Waals surface area contributed by atoms with Gasteiger partial charge >= 0.3 is 0 Å². The maximum absolute atomic E-state index is 5.47. The third kappa shape index (κ3) is 5.09. The molecule has 1 atom stereocenters. The first-order valence-corrected chi connectivity index (χ1v) is 5.28. The monoisotopic (exact) mass is 184 g/mol. The highest BCUT2D eigenvalue weighted by molar-refractivity contribution is 4.97. The van der Waals surface area contributed by atoms with Gasteiger partial charge in [-0.2, -0.15) is 0 Å². The normalized spacial score (nSPS) is 17.2. The van der Waals surface area contributed by atoms with Crippen LogP contribution in [0.2, 0.25) is 0 Å². The molecule has 0 N–H and O–H groups in total. The molecule has 0 bridgehead atoms. The molecular weight excluding hydrogens is 160 g/mol. The fourth-order valence-electron chi connectivity index (χ4n) is 1.19. The zero-order valence-electron chi connectivity index (χ0n) is 9.81. The minimum atomic E-state index is 0.0739. The average Bonchev–Trinajstić information content (AvgIpc) is 2.17. The summed E-state index contributed by atoms with van der Waals surface area (Å²) in [5.41, 5.74) is 1.56. The van der Waals surface area contributed by atoms with Crippen LogP contribution in [0.4, 0.5) is 0 Å². The van der Waals surface area contributed by atoms with Gasteiger partial charge in [-0.1, -0.05) is 25.5 Å². The highest BCUT2D eigenvalue weighted by atomic mass is 16.5. The Kier molecular flexibility index (Phi) is 6.06. The van der Waals surface area contributed by atoms with E-state index in [1.807, 2.05) is 0 Å². The van der Waals surface area contributed by atoms with Crippen LogP contribution in [0.3, 0.4) is 0 Å². The van der Waals surface area contributed by atoms with Gasteiger partial charge in [-0.15, -0.1) is 0 Å². The molecule has 0 saturated carbocycles. The number of rotatable bonds is 6. The second-order valence-electron chi connectivity index (χ2n) is 3.95. The van der Waals surface area contributed by atoms with Gasteiger partial charge in [0, 0.05) is 7.11 Å². The van der Waals surface area contributed by atoms with Crippen molar-refractivity contribution in [1.29, 1.82) is 0 Å². The van der Waals surface area contributed by atoms with E-state index in [1.165, 1.54) is 5.57 Å². The van der Waals surface area contributed by atoms with Gasteiger partial charge in [0.1, 0.15) is 0 Å². The average molecular weight is 184 g/mol. The van der Waals surface area contributed by atoms with Crippen LogP contribution >= 0.6 is 0 Å². The highest BCUT2D eigenvalue weighted by Crippen LogP contribution is 2.21. The topological polar surface area (TPSA) is 9.23 Å². The van der Waals surface area contributed by atoms with Crippen LogP contribution in [0.5, 0.6) is 0 Å². The molecule has 0 aromatic carbocycles. The molecule has 0 aliphatic heterocycles. The summed E-state index contributed by atoms with van der Waals surface area (Å²) in [6.07, 6.45) is 6.83. The van der Waals surface area contributed by atoms with Crippen molar-refractivity contribution in [1.82, 2.24) is 0 Å². The van der Waals surface area contributed by atoms with Crippen LogP contribution < -0.4 is 0 Å². The van der Waals surface area contributed by atoms with Crippen LogP contribution in [0, 0.1) is 0 Å². The Bertz CT molecular complexity index is 155. The van der Waals surface area contributed by atoms with Gasteiger partial charge in [0.05, 0.1) is 5.60 Å². The van der Waals surface area contributed by atoms with Gasteiger partial charge in [-0.3, -0.25) is 0 Å². The predicted molar refractivity (Wildman–Crippen MR) is 59.0 cm³/mol. The predicted octanol–water partition coefficient (Wildman–Crippen LogP) is 3.94. The molecule has 0 aromatic heterocycles. The quantitative estimate of drug-likeness (QED) is 0.568. The Morgan fingerprint density at radius 3 is 2.38 bits per heavy atom. The van der Waals surface area contributed by atoms with Gasteiger partial charge in [-0.05, 0) is 39.5 Å². The zero-order chi connectivity index (χ0) is 10.3. The SMILES string of the molecule is CCC(C)=CCCC(C)(CC)OC. The summed E-state index contributed by atoms with van der Waals surface area (Å²) in [4.78, 5) is 0. The molecule has 13 heavy (non-hydrogen) atoms. The van der Waals surface area contributed by atoms with Crippen molar-refractivity contribution in [2.45, 2.75) is 59.0 Å². The molecule has 1 unspecified atom stereocenters. The number of methoxy groups -OCH3 is 1. The van der Waals surface area contributed by atoms with Crippen molar-refractivity contribution in [2.75, 3.05) is 7.11 Å². The molecule has 78 valence electrons. The van der Waals surface area contributed by atoms with Crippen LogP contribution in [0.15, 0.2) is 11.6 Å². The minimum absolute atomic E-state index is 0.0739. The number of ether oxygens (including phenoxy) is 1. The molecule has 0 heterocycles. The van der Waals surface area contributed by atoms with Crippen molar-refractivity contribution in [3.05, 3.63) is 11.6 Å². The van der Waals surface area contributed by atoms with Crippen LogP contribution in [0.25, 0.3) is 0 Å². The summed E-state index contributed by atoms with van der Waals surface area (Å²) in [6, 6.07) is 0. The highest BCUT2D eigenvalue weighted by Gasteiger charge is 2.19. The fourth-order valence-corrected chi connectivity index (χ4v) is 1.19. The van der Waals surface area contributed by atoms with Crippen molar-refractivity contribution in [3.8, 4) is 0 Å². The first-order chi connectivity index (χ1) is 6.08. The van der Waals surface area contributed by atoms with Gasteiger partial charge < -0.3 is 4.74 Å². The lowest BCUT2D eigenvalue weighted by atomic mass is 9.96. The third-order valence-corrected chi connectivity index (χ3v) is 2.96.